The summed E-state index contributed by atoms with van der Waals surface area (Å²) in [7, 11) is 0. The average Bonchev–Trinajstić information content (AvgIpc) is 2.61. The minimum atomic E-state index is -0.711. The lowest BCUT2D eigenvalue weighted by Crippen LogP contribution is -2.57. The van der Waals surface area contributed by atoms with Crippen molar-refractivity contribution in [2.45, 2.75) is 44.9 Å². The van der Waals surface area contributed by atoms with Crippen molar-refractivity contribution in [1.29, 1.82) is 0 Å². The maximum absolute atomic E-state index is 12.5. The second-order valence-electron chi connectivity index (χ2n) is 5.75. The molecule has 5 nitrogen and oxygen atoms in total. The summed E-state index contributed by atoms with van der Waals surface area (Å²) in [6.45, 7) is 3.79. The Labute approximate surface area is 153 Å². The van der Waals surface area contributed by atoms with E-state index in [1.165, 1.54) is 4.90 Å². The largest absolute Gasteiger partial charge is 0.464 e. The Morgan fingerprint density at radius 3 is 2.68 bits per heavy atom. The van der Waals surface area contributed by atoms with E-state index in [4.69, 9.17) is 27.5 Å². The Balaban J connectivity index is 2.36. The maximum Gasteiger partial charge on any atom is 0.328 e. The molecule has 0 aliphatic carbocycles. The van der Waals surface area contributed by atoms with Gasteiger partial charge in [-0.15, -0.1) is 6.42 Å². The fourth-order valence-electron chi connectivity index (χ4n) is 2.98. The maximum atomic E-state index is 12.5. The Morgan fingerprint density at radius 1 is 1.44 bits per heavy atom. The molecule has 25 heavy (non-hydrogen) atoms. The molecule has 134 valence electrons. The van der Waals surface area contributed by atoms with Gasteiger partial charge in [-0.1, -0.05) is 43.0 Å². The SMILES string of the molecule is C#C[C@@H]1[C@H](c2ccc(Cl)cc2)OCC(=O)N1[C@H](CCC)C(=O)OCC. The zero-order chi connectivity index (χ0) is 18.4. The van der Waals surface area contributed by atoms with Crippen LogP contribution >= 0.6 is 11.6 Å². The number of carbonyl (C=O) groups excluding carboxylic acids is 2. The van der Waals surface area contributed by atoms with Crippen molar-refractivity contribution in [3.05, 3.63) is 34.9 Å². The molecule has 6 heteroatoms. The first-order valence-corrected chi connectivity index (χ1v) is 8.72. The fourth-order valence-corrected chi connectivity index (χ4v) is 3.10. The van der Waals surface area contributed by atoms with Crippen molar-refractivity contribution in [2.24, 2.45) is 0 Å². The van der Waals surface area contributed by atoms with Crippen molar-refractivity contribution < 1.29 is 19.1 Å². The summed E-state index contributed by atoms with van der Waals surface area (Å²) >= 11 is 5.93. The summed E-state index contributed by atoms with van der Waals surface area (Å²) in [5.41, 5.74) is 0.809. The molecule has 1 heterocycles. The highest BCUT2D eigenvalue weighted by atomic mass is 35.5. The summed E-state index contributed by atoms with van der Waals surface area (Å²) in [5.74, 6) is 1.88. The van der Waals surface area contributed by atoms with E-state index in [2.05, 4.69) is 5.92 Å². The number of halogens is 1. The zero-order valence-electron chi connectivity index (χ0n) is 14.4. The molecule has 1 aliphatic rings. The lowest BCUT2D eigenvalue weighted by molar-refractivity contribution is -0.169. The number of esters is 1. The predicted octanol–water partition coefficient (Wildman–Crippen LogP) is 2.97. The zero-order valence-corrected chi connectivity index (χ0v) is 15.2. The third kappa shape index (κ3) is 4.33. The van der Waals surface area contributed by atoms with E-state index in [0.29, 0.717) is 11.4 Å². The predicted molar refractivity (Wildman–Crippen MR) is 94.9 cm³/mol. The van der Waals surface area contributed by atoms with Gasteiger partial charge in [-0.2, -0.15) is 0 Å². The van der Waals surface area contributed by atoms with E-state index in [9.17, 15) is 9.59 Å². The van der Waals surface area contributed by atoms with Crippen LogP contribution in [-0.4, -0.2) is 42.1 Å². The van der Waals surface area contributed by atoms with Crippen LogP contribution < -0.4 is 0 Å². The van der Waals surface area contributed by atoms with E-state index in [1.54, 1.807) is 19.1 Å². The number of carbonyl (C=O) groups is 2. The molecule has 0 N–H and O–H groups in total. The van der Waals surface area contributed by atoms with Crippen molar-refractivity contribution in [1.82, 2.24) is 4.90 Å². The van der Waals surface area contributed by atoms with Gasteiger partial charge in [-0.25, -0.2) is 4.79 Å². The molecule has 0 saturated carbocycles. The first-order valence-electron chi connectivity index (χ1n) is 8.34. The Hall–Kier alpha value is -2.03. The molecular weight excluding hydrogens is 342 g/mol. The molecule has 0 unspecified atom stereocenters. The van der Waals surface area contributed by atoms with E-state index >= 15 is 0 Å². The quantitative estimate of drug-likeness (QED) is 0.576. The highest BCUT2D eigenvalue weighted by molar-refractivity contribution is 6.30. The van der Waals surface area contributed by atoms with Gasteiger partial charge >= 0.3 is 5.97 Å². The Kier molecular flexibility index (Phi) is 6.86. The first-order chi connectivity index (χ1) is 12.0. The van der Waals surface area contributed by atoms with Crippen LogP contribution in [0.3, 0.4) is 0 Å². The second-order valence-corrected chi connectivity index (χ2v) is 6.19. The topological polar surface area (TPSA) is 55.8 Å². The molecule has 0 radical (unpaired) electrons. The molecule has 3 atom stereocenters. The van der Waals surface area contributed by atoms with Gasteiger partial charge in [0.15, 0.2) is 0 Å². The summed E-state index contributed by atoms with van der Waals surface area (Å²) in [4.78, 5) is 26.3. The van der Waals surface area contributed by atoms with Gasteiger partial charge in [0.1, 0.15) is 24.8 Å². The lowest BCUT2D eigenvalue weighted by atomic mass is 9.96. The summed E-state index contributed by atoms with van der Waals surface area (Å²) in [5, 5.41) is 0.597. The molecule has 1 saturated heterocycles. The molecular formula is C19H22ClNO4. The molecule has 1 fully saturated rings. The Morgan fingerprint density at radius 2 is 2.12 bits per heavy atom. The first kappa shape index (κ1) is 19.3. The monoisotopic (exact) mass is 363 g/mol. The van der Waals surface area contributed by atoms with Crippen LogP contribution in [0.4, 0.5) is 0 Å². The van der Waals surface area contributed by atoms with Crippen molar-refractivity contribution in [2.75, 3.05) is 13.2 Å². The molecule has 1 aromatic carbocycles. The number of hydrogen-bond donors (Lipinski definition) is 0. The molecule has 0 aromatic heterocycles. The highest BCUT2D eigenvalue weighted by Crippen LogP contribution is 2.32. The number of amides is 1. The third-order valence-electron chi connectivity index (χ3n) is 4.09. The number of benzene rings is 1. The van der Waals surface area contributed by atoms with Crippen molar-refractivity contribution in [3.63, 3.8) is 0 Å². The number of rotatable bonds is 6. The van der Waals surface area contributed by atoms with Crippen LogP contribution in [0.15, 0.2) is 24.3 Å². The van der Waals surface area contributed by atoms with Gasteiger partial charge in [0.05, 0.1) is 6.61 Å². The van der Waals surface area contributed by atoms with Crippen LogP contribution in [0.25, 0.3) is 0 Å². The van der Waals surface area contributed by atoms with E-state index in [1.807, 2.05) is 19.1 Å². The van der Waals surface area contributed by atoms with Gasteiger partial charge in [-0.3, -0.25) is 4.79 Å². The Bertz CT molecular complexity index is 652. The van der Waals surface area contributed by atoms with Crippen molar-refractivity contribution in [3.8, 4) is 12.3 Å². The minimum absolute atomic E-state index is 0.134. The molecule has 2 rings (SSSR count). The van der Waals surface area contributed by atoms with Gasteiger partial charge in [-0.05, 0) is 31.0 Å². The minimum Gasteiger partial charge on any atom is -0.464 e. The van der Waals surface area contributed by atoms with Gasteiger partial charge < -0.3 is 14.4 Å². The molecule has 1 amide bonds. The molecule has 1 aliphatic heterocycles. The number of terminal acetylenes is 1. The molecule has 0 spiro atoms. The van der Waals surface area contributed by atoms with Gasteiger partial charge in [0.25, 0.3) is 0 Å². The fraction of sp³-hybridized carbons (Fsp3) is 0.474. The van der Waals surface area contributed by atoms with Crippen LogP contribution in [-0.2, 0) is 19.1 Å². The summed E-state index contributed by atoms with van der Waals surface area (Å²) in [6.07, 6.45) is 6.40. The van der Waals surface area contributed by atoms with Crippen LogP contribution in [0, 0.1) is 12.3 Å². The van der Waals surface area contributed by atoms with E-state index in [0.717, 1.165) is 12.0 Å². The smallest absolute Gasteiger partial charge is 0.328 e. The van der Waals surface area contributed by atoms with E-state index < -0.39 is 24.2 Å². The highest BCUT2D eigenvalue weighted by Gasteiger charge is 2.43. The standard InChI is InChI=1S/C19H22ClNO4/c1-4-7-16(19(23)24-6-3)21-15(5-2)18(25-12-17(21)22)13-8-10-14(20)11-9-13/h2,8-11,15-16,18H,4,6-7,12H2,1,3H3/t15-,16-,18+/m1/s1. The van der Waals surface area contributed by atoms with Crippen LogP contribution in [0.1, 0.15) is 38.4 Å². The number of morpholine rings is 1. The van der Waals surface area contributed by atoms with Crippen LogP contribution in [0.2, 0.25) is 5.02 Å². The van der Waals surface area contributed by atoms with E-state index in [-0.39, 0.29) is 19.1 Å². The van der Waals surface area contributed by atoms with Crippen molar-refractivity contribution >= 4 is 23.5 Å². The summed E-state index contributed by atoms with van der Waals surface area (Å²) < 4.78 is 10.8. The lowest BCUT2D eigenvalue weighted by Gasteiger charge is -2.41. The molecule has 0 bridgehead atoms. The molecule has 1 aromatic rings. The number of hydrogen-bond acceptors (Lipinski definition) is 4. The normalized spacial score (nSPS) is 21.5. The van der Waals surface area contributed by atoms with Gasteiger partial charge in [0, 0.05) is 5.02 Å². The number of nitrogens with zero attached hydrogens (tertiary/aromatic N) is 1. The third-order valence-corrected chi connectivity index (χ3v) is 4.34. The van der Waals surface area contributed by atoms with Gasteiger partial charge in [0.2, 0.25) is 5.91 Å². The van der Waals surface area contributed by atoms with Crippen LogP contribution in [0.5, 0.6) is 0 Å². The average molecular weight is 364 g/mol. The summed E-state index contributed by atoms with van der Waals surface area (Å²) in [6, 6.07) is 5.70. The second kappa shape index (κ2) is 8.89. The number of ether oxygens (including phenoxy) is 2.